The van der Waals surface area contributed by atoms with Crippen LogP contribution in [-0.4, -0.2) is 24.4 Å². The molecule has 33 heavy (non-hydrogen) atoms. The number of hydrogen-bond donors (Lipinski definition) is 0. The molecule has 0 unspecified atom stereocenters. The Hall–Kier alpha value is 0.554. The first-order valence-corrected chi connectivity index (χ1v) is 17.6. The summed E-state index contributed by atoms with van der Waals surface area (Å²) in [4.78, 5) is 0. The fraction of sp³-hybridized carbons (Fsp3) is 1.00. The molecule has 5 heteroatoms. The summed E-state index contributed by atoms with van der Waals surface area (Å²) in [7, 11) is 0. The molecular formula is C28H52O4Ti. The standard InChI is InChI=1S/4C7H13O.Ti/c4*8-7-5-3-1-2-4-6-7;/h4*7H,1-6H2;/q4*-1;+4. The average Bonchev–Trinajstić information content (AvgIpc) is 3.39. The second-order valence-corrected chi connectivity index (χ2v) is 14.5. The predicted molar refractivity (Wildman–Crippen MR) is 130 cm³/mol. The summed E-state index contributed by atoms with van der Waals surface area (Å²) < 4.78 is 28.4. The quantitative estimate of drug-likeness (QED) is 0.247. The topological polar surface area (TPSA) is 36.9 Å². The molecule has 0 aromatic carbocycles. The van der Waals surface area contributed by atoms with Crippen LogP contribution in [0.4, 0.5) is 0 Å². The van der Waals surface area contributed by atoms with Crippen molar-refractivity contribution in [2.45, 2.75) is 179 Å². The van der Waals surface area contributed by atoms with Crippen LogP contribution >= 0.6 is 0 Å². The molecule has 0 N–H and O–H groups in total. The van der Waals surface area contributed by atoms with E-state index in [0.717, 1.165) is 51.4 Å². The number of hydrogen-bond acceptors (Lipinski definition) is 4. The van der Waals surface area contributed by atoms with E-state index >= 15 is 0 Å². The molecule has 4 fully saturated rings. The van der Waals surface area contributed by atoms with E-state index in [0.29, 0.717) is 0 Å². The van der Waals surface area contributed by atoms with Gasteiger partial charge >= 0.3 is 210 Å². The van der Waals surface area contributed by atoms with Gasteiger partial charge in [0.15, 0.2) is 0 Å². The van der Waals surface area contributed by atoms with Gasteiger partial charge in [0.2, 0.25) is 0 Å². The van der Waals surface area contributed by atoms with E-state index in [2.05, 4.69) is 0 Å². The maximum absolute atomic E-state index is 7.11. The van der Waals surface area contributed by atoms with Crippen molar-refractivity contribution in [3.05, 3.63) is 0 Å². The first kappa shape index (κ1) is 26.6. The number of rotatable bonds is 8. The van der Waals surface area contributed by atoms with Crippen LogP contribution in [0.1, 0.15) is 154 Å². The van der Waals surface area contributed by atoms with Gasteiger partial charge in [0.05, 0.1) is 0 Å². The van der Waals surface area contributed by atoms with E-state index in [9.17, 15) is 0 Å². The summed E-state index contributed by atoms with van der Waals surface area (Å²) in [6.07, 6.45) is 31.3. The monoisotopic (exact) mass is 500 g/mol. The van der Waals surface area contributed by atoms with Crippen molar-refractivity contribution < 1.29 is 31.4 Å². The average molecular weight is 501 g/mol. The Morgan fingerprint density at radius 1 is 0.273 bits per heavy atom. The molecule has 4 aliphatic carbocycles. The van der Waals surface area contributed by atoms with Gasteiger partial charge in [-0.1, -0.05) is 0 Å². The molecule has 0 bridgehead atoms. The fourth-order valence-corrected chi connectivity index (χ4v) is 11.0. The Morgan fingerprint density at radius 3 is 0.636 bits per heavy atom. The van der Waals surface area contributed by atoms with Crippen LogP contribution in [0, 0.1) is 0 Å². The zero-order valence-corrected chi connectivity index (χ0v) is 23.0. The van der Waals surface area contributed by atoms with Crippen molar-refractivity contribution in [3.63, 3.8) is 0 Å². The van der Waals surface area contributed by atoms with Crippen LogP contribution < -0.4 is 0 Å². The van der Waals surface area contributed by atoms with Gasteiger partial charge in [-0.15, -0.1) is 0 Å². The first-order valence-electron chi connectivity index (χ1n) is 15.0. The molecule has 0 heterocycles. The molecule has 4 saturated carbocycles. The Balaban J connectivity index is 1.55. The molecule has 4 nitrogen and oxygen atoms in total. The third-order valence-electron chi connectivity index (χ3n) is 8.45. The molecule has 0 aromatic heterocycles. The first-order chi connectivity index (χ1) is 16.3. The Labute approximate surface area is 209 Å². The summed E-state index contributed by atoms with van der Waals surface area (Å²) in [6.45, 7) is 0. The maximum atomic E-state index is 7.11. The molecule has 192 valence electrons. The van der Waals surface area contributed by atoms with Gasteiger partial charge < -0.3 is 0 Å². The molecule has 0 saturated heterocycles. The summed E-state index contributed by atoms with van der Waals surface area (Å²) in [5.74, 6) is 0. The third-order valence-corrected chi connectivity index (χ3v) is 12.3. The van der Waals surface area contributed by atoms with Crippen LogP contribution in [0.25, 0.3) is 0 Å². The Morgan fingerprint density at radius 2 is 0.455 bits per heavy atom. The molecule has 0 radical (unpaired) electrons. The molecule has 4 aliphatic rings. The summed E-state index contributed by atoms with van der Waals surface area (Å²) >= 11 is -3.91. The van der Waals surface area contributed by atoms with Crippen LogP contribution in [0.2, 0.25) is 0 Å². The molecule has 4 rings (SSSR count). The third kappa shape index (κ3) is 9.50. The summed E-state index contributed by atoms with van der Waals surface area (Å²) in [5, 5.41) is 0. The van der Waals surface area contributed by atoms with Gasteiger partial charge in [-0.25, -0.2) is 0 Å². The van der Waals surface area contributed by atoms with E-state index in [1.54, 1.807) is 0 Å². The second kappa shape index (κ2) is 15.0. The van der Waals surface area contributed by atoms with Crippen molar-refractivity contribution in [1.29, 1.82) is 0 Å². The molecule has 0 aliphatic heterocycles. The van der Waals surface area contributed by atoms with Crippen molar-refractivity contribution in [1.82, 2.24) is 0 Å². The minimum atomic E-state index is -3.91. The minimum absolute atomic E-state index is 0.273. The van der Waals surface area contributed by atoms with Gasteiger partial charge in [-0.3, -0.25) is 0 Å². The van der Waals surface area contributed by atoms with Gasteiger partial charge in [0, 0.05) is 0 Å². The normalized spacial score (nSPS) is 26.9. The molecule has 0 atom stereocenters. The van der Waals surface area contributed by atoms with Crippen molar-refractivity contribution in [2.75, 3.05) is 0 Å². The van der Waals surface area contributed by atoms with E-state index in [1.807, 2.05) is 0 Å². The summed E-state index contributed by atoms with van der Waals surface area (Å²) in [5.41, 5.74) is 0. The predicted octanol–water partition coefficient (Wildman–Crippen LogP) is 8.76. The van der Waals surface area contributed by atoms with E-state index in [-0.39, 0.29) is 24.4 Å². The van der Waals surface area contributed by atoms with Gasteiger partial charge in [0.25, 0.3) is 0 Å². The van der Waals surface area contributed by atoms with Gasteiger partial charge in [-0.05, 0) is 0 Å². The zero-order valence-electron chi connectivity index (χ0n) is 21.4. The van der Waals surface area contributed by atoms with Crippen LogP contribution in [0.5, 0.6) is 0 Å². The van der Waals surface area contributed by atoms with Crippen molar-refractivity contribution in [3.8, 4) is 0 Å². The van der Waals surface area contributed by atoms with E-state index < -0.39 is 18.1 Å². The Bertz CT molecular complexity index is 405. The van der Waals surface area contributed by atoms with Crippen LogP contribution in [0.15, 0.2) is 0 Å². The molecule has 0 aromatic rings. The molecule has 0 amide bonds. The SMILES string of the molecule is C1CCCC([O][Ti]([O]C2CCCCCC2)([O]C2CCCCCC2)[O]C2CCCCCC2)CC1. The van der Waals surface area contributed by atoms with Crippen LogP contribution in [-0.2, 0) is 31.4 Å². The van der Waals surface area contributed by atoms with Gasteiger partial charge in [-0.2, -0.15) is 0 Å². The second-order valence-electron chi connectivity index (χ2n) is 11.4. The molecule has 0 spiro atoms. The van der Waals surface area contributed by atoms with Gasteiger partial charge in [0.1, 0.15) is 0 Å². The Kier molecular flexibility index (Phi) is 12.1. The summed E-state index contributed by atoms with van der Waals surface area (Å²) in [6, 6.07) is 0. The van der Waals surface area contributed by atoms with E-state index in [1.165, 1.54) is 103 Å². The zero-order chi connectivity index (χ0) is 22.6. The van der Waals surface area contributed by atoms with E-state index in [4.69, 9.17) is 13.3 Å². The van der Waals surface area contributed by atoms with Crippen molar-refractivity contribution in [2.24, 2.45) is 0 Å². The van der Waals surface area contributed by atoms with Crippen molar-refractivity contribution >= 4 is 0 Å². The molecular weight excluding hydrogens is 448 g/mol. The van der Waals surface area contributed by atoms with Crippen LogP contribution in [0.3, 0.4) is 0 Å². The fourth-order valence-electron chi connectivity index (χ4n) is 6.42.